The number of aromatic nitrogens is 2. The summed E-state index contributed by atoms with van der Waals surface area (Å²) in [4.78, 5) is 0. The molecular formula is C11H19N3OS. The van der Waals surface area contributed by atoms with Crippen molar-refractivity contribution in [3.63, 3.8) is 0 Å². The third-order valence-electron chi connectivity index (χ3n) is 2.95. The van der Waals surface area contributed by atoms with Crippen LogP contribution in [0.1, 0.15) is 37.6 Å². The molecule has 1 aromatic rings. The Morgan fingerprint density at radius 2 is 2.31 bits per heavy atom. The van der Waals surface area contributed by atoms with E-state index in [-0.39, 0.29) is 0 Å². The molecule has 0 radical (unpaired) electrons. The molecule has 0 amide bonds. The fraction of sp³-hybridized carbons (Fsp3) is 0.818. The maximum atomic E-state index is 5.59. The predicted molar refractivity (Wildman–Crippen MR) is 64.7 cm³/mol. The first-order chi connectivity index (χ1) is 7.88. The molecule has 4 nitrogen and oxygen atoms in total. The van der Waals surface area contributed by atoms with Gasteiger partial charge in [-0.25, -0.2) is 0 Å². The van der Waals surface area contributed by atoms with Crippen molar-refractivity contribution in [2.75, 3.05) is 13.2 Å². The maximum absolute atomic E-state index is 5.59. The molecule has 0 aromatic carbocycles. The van der Waals surface area contributed by atoms with Crippen molar-refractivity contribution in [1.82, 2.24) is 15.5 Å². The summed E-state index contributed by atoms with van der Waals surface area (Å²) in [6.07, 6.45) is 5.33. The molecule has 90 valence electrons. The van der Waals surface area contributed by atoms with Gasteiger partial charge in [-0.05, 0) is 18.9 Å². The highest BCUT2D eigenvalue weighted by Gasteiger charge is 2.17. The van der Waals surface area contributed by atoms with Gasteiger partial charge >= 0.3 is 0 Å². The molecule has 16 heavy (non-hydrogen) atoms. The molecule has 0 bridgehead atoms. The minimum Gasteiger partial charge on any atom is -0.469 e. The van der Waals surface area contributed by atoms with Gasteiger partial charge in [0.25, 0.3) is 5.19 Å². The lowest BCUT2D eigenvalue weighted by molar-refractivity contribution is 0.220. The standard InChI is InChI=1S/C11H19N3OS/c1-2-12-8-10-13-14-11(16-10)15-7-6-9-4-3-5-9/h9,12H,2-8H2,1H3. The van der Waals surface area contributed by atoms with Gasteiger partial charge in [-0.3, -0.25) is 0 Å². The van der Waals surface area contributed by atoms with Crippen LogP contribution in [0.15, 0.2) is 0 Å². The molecule has 0 unspecified atom stereocenters. The number of nitrogens with zero attached hydrogens (tertiary/aromatic N) is 2. The van der Waals surface area contributed by atoms with Crippen LogP contribution >= 0.6 is 11.3 Å². The molecule has 0 spiro atoms. The molecule has 0 atom stereocenters. The van der Waals surface area contributed by atoms with Crippen LogP contribution in [0.2, 0.25) is 0 Å². The first kappa shape index (κ1) is 11.8. The highest BCUT2D eigenvalue weighted by molar-refractivity contribution is 7.13. The van der Waals surface area contributed by atoms with Gasteiger partial charge in [0.05, 0.1) is 6.61 Å². The Morgan fingerprint density at radius 3 is 3.00 bits per heavy atom. The van der Waals surface area contributed by atoms with Crippen molar-refractivity contribution >= 4 is 11.3 Å². The van der Waals surface area contributed by atoms with E-state index >= 15 is 0 Å². The van der Waals surface area contributed by atoms with Crippen LogP contribution in [-0.2, 0) is 6.54 Å². The number of hydrogen-bond acceptors (Lipinski definition) is 5. The topological polar surface area (TPSA) is 47.0 Å². The lowest BCUT2D eigenvalue weighted by Crippen LogP contribution is -2.14. The molecule has 0 aliphatic heterocycles. The Morgan fingerprint density at radius 1 is 1.44 bits per heavy atom. The minimum atomic E-state index is 0.715. The Labute approximate surface area is 100 Å². The van der Waals surface area contributed by atoms with Crippen molar-refractivity contribution in [2.45, 2.75) is 39.2 Å². The van der Waals surface area contributed by atoms with Gasteiger partial charge < -0.3 is 10.1 Å². The Kier molecular flexibility index (Phi) is 4.54. The largest absolute Gasteiger partial charge is 0.469 e. The summed E-state index contributed by atoms with van der Waals surface area (Å²) >= 11 is 1.54. The van der Waals surface area contributed by atoms with Crippen LogP contribution in [-0.4, -0.2) is 23.3 Å². The van der Waals surface area contributed by atoms with Gasteiger partial charge in [-0.2, -0.15) is 0 Å². The summed E-state index contributed by atoms with van der Waals surface area (Å²) in [5.41, 5.74) is 0. The predicted octanol–water partition coefficient (Wildman–Crippen LogP) is 2.22. The third kappa shape index (κ3) is 3.42. The van der Waals surface area contributed by atoms with Crippen molar-refractivity contribution in [3.05, 3.63) is 5.01 Å². The second-order valence-electron chi connectivity index (χ2n) is 4.18. The fourth-order valence-corrected chi connectivity index (χ4v) is 2.38. The van der Waals surface area contributed by atoms with E-state index in [0.717, 1.165) is 30.6 Å². The highest BCUT2D eigenvalue weighted by Crippen LogP contribution is 2.29. The molecule has 1 aliphatic carbocycles. The van der Waals surface area contributed by atoms with E-state index < -0.39 is 0 Å². The minimum absolute atomic E-state index is 0.715. The van der Waals surface area contributed by atoms with Crippen LogP contribution < -0.4 is 10.1 Å². The van der Waals surface area contributed by atoms with Crippen molar-refractivity contribution < 1.29 is 4.74 Å². The lowest BCUT2D eigenvalue weighted by Gasteiger charge is -2.24. The maximum Gasteiger partial charge on any atom is 0.294 e. The van der Waals surface area contributed by atoms with E-state index in [4.69, 9.17) is 4.74 Å². The van der Waals surface area contributed by atoms with E-state index in [0.29, 0.717) is 5.19 Å². The zero-order valence-electron chi connectivity index (χ0n) is 9.74. The van der Waals surface area contributed by atoms with Crippen LogP contribution in [0.25, 0.3) is 0 Å². The van der Waals surface area contributed by atoms with Crippen LogP contribution in [0.5, 0.6) is 5.19 Å². The molecular weight excluding hydrogens is 222 g/mol. The molecule has 1 saturated carbocycles. The molecule has 2 rings (SSSR count). The molecule has 1 fully saturated rings. The fourth-order valence-electron chi connectivity index (χ4n) is 1.69. The normalized spacial score (nSPS) is 16.1. The molecule has 1 aliphatic rings. The Balaban J connectivity index is 1.65. The second-order valence-corrected chi connectivity index (χ2v) is 5.20. The summed E-state index contributed by atoms with van der Waals surface area (Å²) in [6, 6.07) is 0. The number of hydrogen-bond donors (Lipinski definition) is 1. The average Bonchev–Trinajstić information content (AvgIpc) is 2.67. The average molecular weight is 241 g/mol. The zero-order valence-corrected chi connectivity index (χ0v) is 10.6. The van der Waals surface area contributed by atoms with E-state index in [9.17, 15) is 0 Å². The molecule has 5 heteroatoms. The van der Waals surface area contributed by atoms with Crippen LogP contribution in [0.4, 0.5) is 0 Å². The van der Waals surface area contributed by atoms with Gasteiger partial charge in [-0.15, -0.1) is 10.2 Å². The molecule has 1 N–H and O–H groups in total. The summed E-state index contributed by atoms with van der Waals surface area (Å²) in [6.45, 7) is 4.62. The summed E-state index contributed by atoms with van der Waals surface area (Å²) in [5, 5.41) is 13.0. The first-order valence-electron chi connectivity index (χ1n) is 6.04. The SMILES string of the molecule is CCNCc1nnc(OCCC2CCC2)s1. The zero-order chi connectivity index (χ0) is 11.2. The second kappa shape index (κ2) is 6.15. The van der Waals surface area contributed by atoms with Crippen LogP contribution in [0, 0.1) is 5.92 Å². The van der Waals surface area contributed by atoms with Crippen LogP contribution in [0.3, 0.4) is 0 Å². The smallest absolute Gasteiger partial charge is 0.294 e. The van der Waals surface area contributed by atoms with Gasteiger partial charge in [-0.1, -0.05) is 37.5 Å². The van der Waals surface area contributed by atoms with Crippen molar-refractivity contribution in [3.8, 4) is 5.19 Å². The van der Waals surface area contributed by atoms with E-state index in [1.54, 1.807) is 11.3 Å². The number of rotatable bonds is 7. The van der Waals surface area contributed by atoms with Gasteiger partial charge in [0.2, 0.25) is 0 Å². The number of ether oxygens (including phenoxy) is 1. The Hall–Kier alpha value is -0.680. The summed E-state index contributed by atoms with van der Waals surface area (Å²) in [5.74, 6) is 0.897. The van der Waals surface area contributed by atoms with Gasteiger partial charge in [0.1, 0.15) is 5.01 Å². The van der Waals surface area contributed by atoms with E-state index in [1.807, 2.05) is 0 Å². The number of nitrogens with one attached hydrogen (secondary N) is 1. The summed E-state index contributed by atoms with van der Waals surface area (Å²) in [7, 11) is 0. The van der Waals surface area contributed by atoms with Crippen molar-refractivity contribution in [2.24, 2.45) is 5.92 Å². The lowest BCUT2D eigenvalue weighted by atomic mass is 9.83. The molecule has 0 saturated heterocycles. The van der Waals surface area contributed by atoms with E-state index in [2.05, 4.69) is 22.4 Å². The highest BCUT2D eigenvalue weighted by atomic mass is 32.1. The van der Waals surface area contributed by atoms with E-state index in [1.165, 1.54) is 25.7 Å². The quantitative estimate of drug-likeness (QED) is 0.795. The van der Waals surface area contributed by atoms with Gasteiger partial charge in [0, 0.05) is 6.54 Å². The monoisotopic (exact) mass is 241 g/mol. The summed E-state index contributed by atoms with van der Waals surface area (Å²) < 4.78 is 5.59. The first-order valence-corrected chi connectivity index (χ1v) is 6.86. The third-order valence-corrected chi connectivity index (χ3v) is 3.79. The molecule has 1 heterocycles. The molecule has 1 aromatic heterocycles. The van der Waals surface area contributed by atoms with Crippen molar-refractivity contribution in [1.29, 1.82) is 0 Å². The Bertz CT molecular complexity index is 312. The van der Waals surface area contributed by atoms with Gasteiger partial charge in [0.15, 0.2) is 0 Å².